The molecule has 0 aliphatic carbocycles. The van der Waals surface area contributed by atoms with E-state index in [0.717, 1.165) is 12.1 Å². The third kappa shape index (κ3) is 2.67. The molecule has 0 aliphatic rings. The molecule has 5 heteroatoms. The zero-order chi connectivity index (χ0) is 14.2. The van der Waals surface area contributed by atoms with Crippen molar-refractivity contribution in [3.63, 3.8) is 0 Å². The molecule has 19 heavy (non-hydrogen) atoms. The molecule has 1 unspecified atom stereocenters. The number of aryl methyl sites for hydroxylation is 1. The first-order valence-electron chi connectivity index (χ1n) is 5.49. The molecular weight excluding hydrogens is 321 g/mol. The maximum atomic E-state index is 13.9. The van der Waals surface area contributed by atoms with Crippen LogP contribution in [0.2, 0.25) is 0 Å². The minimum atomic E-state index is -1.49. The summed E-state index contributed by atoms with van der Waals surface area (Å²) in [7, 11) is 0. The normalized spacial score (nSPS) is 12.5. The van der Waals surface area contributed by atoms with Crippen molar-refractivity contribution in [3.8, 4) is 0 Å². The van der Waals surface area contributed by atoms with E-state index in [4.69, 9.17) is 0 Å². The van der Waals surface area contributed by atoms with Gasteiger partial charge in [0.05, 0.1) is 10.0 Å². The fraction of sp³-hybridized carbons (Fsp3) is 0.143. The highest BCUT2D eigenvalue weighted by molar-refractivity contribution is 9.10. The molecule has 0 bridgehead atoms. The van der Waals surface area contributed by atoms with E-state index in [-0.39, 0.29) is 10.0 Å². The smallest absolute Gasteiger partial charge is 0.146 e. The molecule has 0 saturated heterocycles. The first-order chi connectivity index (χ1) is 8.91. The SMILES string of the molecule is Cc1cc(F)ccc1C(O)c1c(F)ccc(Br)c1F. The average Bonchev–Trinajstić information content (AvgIpc) is 2.34. The molecular formula is C14H10BrF3O. The van der Waals surface area contributed by atoms with Crippen molar-refractivity contribution in [2.24, 2.45) is 0 Å². The first kappa shape index (κ1) is 14.1. The highest BCUT2D eigenvalue weighted by Gasteiger charge is 2.22. The van der Waals surface area contributed by atoms with Crippen LogP contribution in [0.25, 0.3) is 0 Å². The van der Waals surface area contributed by atoms with Gasteiger partial charge in [0.25, 0.3) is 0 Å². The van der Waals surface area contributed by atoms with Gasteiger partial charge in [0.1, 0.15) is 23.6 Å². The first-order valence-corrected chi connectivity index (χ1v) is 6.28. The molecule has 0 heterocycles. The van der Waals surface area contributed by atoms with Gasteiger partial charge in [0.15, 0.2) is 0 Å². The van der Waals surface area contributed by atoms with Crippen molar-refractivity contribution in [2.45, 2.75) is 13.0 Å². The lowest BCUT2D eigenvalue weighted by molar-refractivity contribution is 0.208. The summed E-state index contributed by atoms with van der Waals surface area (Å²) in [5.41, 5.74) is 0.229. The van der Waals surface area contributed by atoms with Gasteiger partial charge in [-0.15, -0.1) is 0 Å². The Morgan fingerprint density at radius 1 is 1.11 bits per heavy atom. The molecule has 100 valence electrons. The second-order valence-electron chi connectivity index (χ2n) is 4.16. The Bertz CT molecular complexity index is 628. The van der Waals surface area contributed by atoms with E-state index in [1.807, 2.05) is 0 Å². The summed E-state index contributed by atoms with van der Waals surface area (Å²) in [4.78, 5) is 0. The van der Waals surface area contributed by atoms with E-state index in [0.29, 0.717) is 5.56 Å². The van der Waals surface area contributed by atoms with Crippen molar-refractivity contribution in [1.29, 1.82) is 0 Å². The molecule has 2 aromatic carbocycles. The molecule has 0 radical (unpaired) electrons. The van der Waals surface area contributed by atoms with E-state index in [1.54, 1.807) is 6.92 Å². The van der Waals surface area contributed by atoms with Crippen LogP contribution in [0.1, 0.15) is 22.8 Å². The topological polar surface area (TPSA) is 20.2 Å². The Morgan fingerprint density at radius 2 is 1.79 bits per heavy atom. The molecule has 2 rings (SSSR count). The van der Waals surface area contributed by atoms with E-state index >= 15 is 0 Å². The van der Waals surface area contributed by atoms with Gasteiger partial charge in [0, 0.05) is 0 Å². The van der Waals surface area contributed by atoms with Gasteiger partial charge in [0.2, 0.25) is 0 Å². The minimum absolute atomic E-state index is 0.0581. The lowest BCUT2D eigenvalue weighted by Gasteiger charge is -2.16. The van der Waals surface area contributed by atoms with Gasteiger partial charge < -0.3 is 5.11 Å². The zero-order valence-corrected chi connectivity index (χ0v) is 11.5. The van der Waals surface area contributed by atoms with Gasteiger partial charge in [-0.2, -0.15) is 0 Å². The Kier molecular flexibility index (Phi) is 3.96. The van der Waals surface area contributed by atoms with Crippen LogP contribution in [-0.4, -0.2) is 5.11 Å². The number of hydrogen-bond donors (Lipinski definition) is 1. The Morgan fingerprint density at radius 3 is 2.42 bits per heavy atom. The highest BCUT2D eigenvalue weighted by Crippen LogP contribution is 2.32. The summed E-state index contributed by atoms with van der Waals surface area (Å²) in [6, 6.07) is 5.93. The molecule has 1 atom stereocenters. The number of aliphatic hydroxyl groups excluding tert-OH is 1. The fourth-order valence-electron chi connectivity index (χ4n) is 1.89. The monoisotopic (exact) mass is 330 g/mol. The summed E-state index contributed by atoms with van der Waals surface area (Å²) in [5.74, 6) is -2.18. The molecule has 1 N–H and O–H groups in total. The lowest BCUT2D eigenvalue weighted by atomic mass is 9.96. The summed E-state index contributed by atoms with van der Waals surface area (Å²) >= 11 is 2.94. The van der Waals surface area contributed by atoms with E-state index in [9.17, 15) is 18.3 Å². The van der Waals surface area contributed by atoms with E-state index in [1.165, 1.54) is 18.2 Å². The number of rotatable bonds is 2. The maximum absolute atomic E-state index is 13.9. The van der Waals surface area contributed by atoms with Crippen molar-refractivity contribution >= 4 is 15.9 Å². The molecule has 0 aliphatic heterocycles. The number of benzene rings is 2. The van der Waals surface area contributed by atoms with Crippen molar-refractivity contribution in [1.82, 2.24) is 0 Å². The molecule has 0 fully saturated rings. The Hall–Kier alpha value is -1.33. The standard InChI is InChI=1S/C14H10BrF3O/c1-7-6-8(16)2-3-9(7)14(19)12-11(17)5-4-10(15)13(12)18/h2-6,14,19H,1H3. The molecule has 0 amide bonds. The second kappa shape index (κ2) is 5.35. The van der Waals surface area contributed by atoms with Crippen molar-refractivity contribution in [2.75, 3.05) is 0 Å². The number of aliphatic hydroxyl groups is 1. The molecule has 0 saturated carbocycles. The highest BCUT2D eigenvalue weighted by atomic mass is 79.9. The van der Waals surface area contributed by atoms with Crippen molar-refractivity contribution in [3.05, 3.63) is 68.9 Å². The third-order valence-electron chi connectivity index (χ3n) is 2.88. The minimum Gasteiger partial charge on any atom is -0.383 e. The Labute approximate surface area is 116 Å². The summed E-state index contributed by atoms with van der Waals surface area (Å²) in [6.45, 7) is 1.56. The summed E-state index contributed by atoms with van der Waals surface area (Å²) in [5, 5.41) is 10.1. The summed E-state index contributed by atoms with van der Waals surface area (Å²) in [6.07, 6.45) is -1.49. The van der Waals surface area contributed by atoms with Crippen LogP contribution in [0.15, 0.2) is 34.8 Å². The van der Waals surface area contributed by atoms with E-state index < -0.39 is 29.1 Å². The van der Waals surface area contributed by atoms with Gasteiger partial charge in [-0.25, -0.2) is 13.2 Å². The lowest BCUT2D eigenvalue weighted by Crippen LogP contribution is -2.08. The molecule has 0 spiro atoms. The van der Waals surface area contributed by atoms with Crippen LogP contribution in [0.3, 0.4) is 0 Å². The second-order valence-corrected chi connectivity index (χ2v) is 5.01. The maximum Gasteiger partial charge on any atom is 0.146 e. The van der Waals surface area contributed by atoms with Crippen LogP contribution < -0.4 is 0 Å². The quantitative estimate of drug-likeness (QED) is 0.816. The third-order valence-corrected chi connectivity index (χ3v) is 3.49. The summed E-state index contributed by atoms with van der Waals surface area (Å²) < 4.78 is 40.6. The predicted octanol–water partition coefficient (Wildman–Crippen LogP) is 4.26. The molecule has 2 aromatic rings. The molecule has 1 nitrogen and oxygen atoms in total. The number of hydrogen-bond acceptors (Lipinski definition) is 1. The van der Waals surface area contributed by atoms with Gasteiger partial charge in [-0.1, -0.05) is 6.07 Å². The van der Waals surface area contributed by atoms with Crippen LogP contribution in [-0.2, 0) is 0 Å². The zero-order valence-electron chi connectivity index (χ0n) is 9.92. The Balaban J connectivity index is 2.56. The van der Waals surface area contributed by atoms with Crippen LogP contribution >= 0.6 is 15.9 Å². The van der Waals surface area contributed by atoms with Gasteiger partial charge in [-0.3, -0.25) is 0 Å². The fourth-order valence-corrected chi connectivity index (χ4v) is 2.24. The van der Waals surface area contributed by atoms with Gasteiger partial charge >= 0.3 is 0 Å². The average molecular weight is 331 g/mol. The van der Waals surface area contributed by atoms with Gasteiger partial charge in [-0.05, 0) is 58.2 Å². The van der Waals surface area contributed by atoms with Crippen LogP contribution in [0.5, 0.6) is 0 Å². The molecule has 0 aromatic heterocycles. The van der Waals surface area contributed by atoms with Crippen LogP contribution in [0.4, 0.5) is 13.2 Å². The number of halogens is 4. The predicted molar refractivity (Wildman–Crippen MR) is 69.3 cm³/mol. The van der Waals surface area contributed by atoms with Crippen molar-refractivity contribution < 1.29 is 18.3 Å². The van der Waals surface area contributed by atoms with E-state index in [2.05, 4.69) is 15.9 Å². The largest absolute Gasteiger partial charge is 0.383 e. The van der Waals surface area contributed by atoms with Crippen LogP contribution in [0, 0.1) is 24.4 Å².